The average molecular weight is 304 g/mol. The van der Waals surface area contributed by atoms with Gasteiger partial charge < -0.3 is 20.5 Å². The standard InChI is InChI=1S/C12H14Cl2N2O3/c1-12(2,16-11(18)19)10(17)15-6-7-3-4-8(13)9(14)5-7/h3-5,16H,6H2,1-2H3,(H,15,17)(H,18,19)/p-1. The van der Waals surface area contributed by atoms with Crippen LogP contribution in [0.4, 0.5) is 4.79 Å². The predicted octanol–water partition coefficient (Wildman–Crippen LogP) is 1.32. The molecule has 0 aliphatic heterocycles. The molecule has 0 aromatic heterocycles. The van der Waals surface area contributed by atoms with Gasteiger partial charge in [-0.1, -0.05) is 29.3 Å². The lowest BCUT2D eigenvalue weighted by Crippen LogP contribution is -2.57. The van der Waals surface area contributed by atoms with Crippen molar-refractivity contribution in [2.24, 2.45) is 0 Å². The minimum Gasteiger partial charge on any atom is -0.530 e. The van der Waals surface area contributed by atoms with Crippen LogP contribution in [0.5, 0.6) is 0 Å². The molecular weight excluding hydrogens is 291 g/mol. The summed E-state index contributed by atoms with van der Waals surface area (Å²) in [5.41, 5.74) is -0.512. The molecule has 5 nitrogen and oxygen atoms in total. The summed E-state index contributed by atoms with van der Waals surface area (Å²) < 4.78 is 0. The van der Waals surface area contributed by atoms with E-state index in [2.05, 4.69) is 5.32 Å². The van der Waals surface area contributed by atoms with Crippen LogP contribution in [-0.2, 0) is 11.3 Å². The highest BCUT2D eigenvalue weighted by atomic mass is 35.5. The van der Waals surface area contributed by atoms with Crippen molar-refractivity contribution in [2.75, 3.05) is 0 Å². The molecule has 104 valence electrons. The number of hydrogen-bond acceptors (Lipinski definition) is 3. The lowest BCUT2D eigenvalue weighted by atomic mass is 10.0. The number of amides is 2. The molecule has 1 aromatic carbocycles. The second-order valence-electron chi connectivity index (χ2n) is 4.47. The van der Waals surface area contributed by atoms with E-state index in [1.807, 2.05) is 5.32 Å². The molecule has 0 fully saturated rings. The third-order valence-electron chi connectivity index (χ3n) is 2.42. The third-order valence-corrected chi connectivity index (χ3v) is 3.16. The van der Waals surface area contributed by atoms with E-state index in [-0.39, 0.29) is 6.54 Å². The average Bonchev–Trinajstić information content (AvgIpc) is 2.28. The Labute approximate surface area is 120 Å². The summed E-state index contributed by atoms with van der Waals surface area (Å²) in [7, 11) is 0. The van der Waals surface area contributed by atoms with Crippen LogP contribution in [0.2, 0.25) is 10.0 Å². The Morgan fingerprint density at radius 3 is 2.42 bits per heavy atom. The largest absolute Gasteiger partial charge is 0.530 e. The van der Waals surface area contributed by atoms with Crippen molar-refractivity contribution in [3.8, 4) is 0 Å². The Bertz CT molecular complexity index is 504. The lowest BCUT2D eigenvalue weighted by Gasteiger charge is -2.26. The van der Waals surface area contributed by atoms with Gasteiger partial charge in [0.2, 0.25) is 5.91 Å². The van der Waals surface area contributed by atoms with Gasteiger partial charge in [0.1, 0.15) is 11.6 Å². The van der Waals surface area contributed by atoms with Crippen LogP contribution in [0, 0.1) is 0 Å². The summed E-state index contributed by atoms with van der Waals surface area (Å²) in [5, 5.41) is 15.9. The molecule has 7 heteroatoms. The Morgan fingerprint density at radius 1 is 1.26 bits per heavy atom. The summed E-state index contributed by atoms with van der Waals surface area (Å²) in [6.45, 7) is 3.09. The van der Waals surface area contributed by atoms with Crippen LogP contribution in [0.25, 0.3) is 0 Å². The van der Waals surface area contributed by atoms with Gasteiger partial charge >= 0.3 is 0 Å². The van der Waals surface area contributed by atoms with Crippen molar-refractivity contribution in [3.05, 3.63) is 33.8 Å². The summed E-state index contributed by atoms with van der Waals surface area (Å²) >= 11 is 11.6. The van der Waals surface area contributed by atoms with E-state index in [0.29, 0.717) is 10.0 Å². The van der Waals surface area contributed by atoms with Gasteiger partial charge in [-0.2, -0.15) is 0 Å². The van der Waals surface area contributed by atoms with Gasteiger partial charge in [-0.15, -0.1) is 0 Å². The predicted molar refractivity (Wildman–Crippen MR) is 70.9 cm³/mol. The molecule has 0 aliphatic rings. The number of halogens is 2. The normalized spacial score (nSPS) is 10.9. The first-order valence-electron chi connectivity index (χ1n) is 5.44. The molecule has 1 aromatic rings. The Hall–Kier alpha value is -1.46. The number of carboxylic acid groups (broad SMARTS) is 1. The van der Waals surface area contributed by atoms with Crippen LogP contribution in [0.15, 0.2) is 18.2 Å². The van der Waals surface area contributed by atoms with Crippen molar-refractivity contribution in [1.82, 2.24) is 10.6 Å². The van der Waals surface area contributed by atoms with Gasteiger partial charge in [-0.05, 0) is 31.5 Å². The van der Waals surface area contributed by atoms with Gasteiger partial charge in [0.15, 0.2) is 0 Å². The molecule has 0 radical (unpaired) electrons. The molecule has 0 unspecified atom stereocenters. The smallest absolute Gasteiger partial charge is 0.245 e. The zero-order valence-electron chi connectivity index (χ0n) is 10.4. The summed E-state index contributed by atoms with van der Waals surface area (Å²) in [6.07, 6.45) is -1.50. The minimum absolute atomic E-state index is 0.216. The number of carbonyl (C=O) groups excluding carboxylic acids is 2. The van der Waals surface area contributed by atoms with Crippen molar-refractivity contribution in [1.29, 1.82) is 0 Å². The van der Waals surface area contributed by atoms with E-state index in [1.54, 1.807) is 18.2 Å². The number of hydrogen-bond donors (Lipinski definition) is 2. The number of nitrogens with one attached hydrogen (secondary N) is 2. The van der Waals surface area contributed by atoms with Crippen LogP contribution < -0.4 is 15.7 Å². The Kier molecular flexibility index (Phi) is 5.03. The summed E-state index contributed by atoms with van der Waals surface area (Å²) in [4.78, 5) is 22.2. The van der Waals surface area contributed by atoms with E-state index in [4.69, 9.17) is 23.2 Å². The molecular formula is C12H13Cl2N2O3-. The fraction of sp³-hybridized carbons (Fsp3) is 0.333. The second-order valence-corrected chi connectivity index (χ2v) is 5.28. The Morgan fingerprint density at radius 2 is 1.89 bits per heavy atom. The van der Waals surface area contributed by atoms with Gasteiger partial charge in [-0.25, -0.2) is 0 Å². The molecule has 0 aliphatic carbocycles. The first-order chi connectivity index (χ1) is 8.72. The molecule has 2 N–H and O–H groups in total. The molecule has 0 saturated carbocycles. The molecule has 0 bridgehead atoms. The van der Waals surface area contributed by atoms with Crippen molar-refractivity contribution in [3.63, 3.8) is 0 Å². The molecule has 0 heterocycles. The SMILES string of the molecule is CC(C)(NC(=O)[O-])C(=O)NCc1ccc(Cl)c(Cl)c1. The maximum Gasteiger partial charge on any atom is 0.245 e. The quantitative estimate of drug-likeness (QED) is 0.880. The molecule has 0 saturated heterocycles. The summed E-state index contributed by atoms with van der Waals surface area (Å²) in [5.74, 6) is -0.470. The molecule has 1 rings (SSSR count). The summed E-state index contributed by atoms with van der Waals surface area (Å²) in [6, 6.07) is 4.97. The van der Waals surface area contributed by atoms with Gasteiger partial charge in [0.05, 0.1) is 10.0 Å². The van der Waals surface area contributed by atoms with Crippen LogP contribution in [-0.4, -0.2) is 17.5 Å². The fourth-order valence-corrected chi connectivity index (χ4v) is 1.69. The topological polar surface area (TPSA) is 81.3 Å². The van der Waals surface area contributed by atoms with E-state index >= 15 is 0 Å². The number of benzene rings is 1. The fourth-order valence-electron chi connectivity index (χ4n) is 1.36. The first kappa shape index (κ1) is 15.6. The monoisotopic (exact) mass is 303 g/mol. The van der Waals surface area contributed by atoms with Crippen LogP contribution in [0.1, 0.15) is 19.4 Å². The van der Waals surface area contributed by atoms with Gasteiger partial charge in [-0.3, -0.25) is 4.79 Å². The highest BCUT2D eigenvalue weighted by molar-refractivity contribution is 6.42. The first-order valence-corrected chi connectivity index (χ1v) is 6.19. The highest BCUT2D eigenvalue weighted by Crippen LogP contribution is 2.22. The molecule has 0 spiro atoms. The van der Waals surface area contributed by atoms with Gasteiger partial charge in [0.25, 0.3) is 0 Å². The molecule has 19 heavy (non-hydrogen) atoms. The van der Waals surface area contributed by atoms with E-state index in [1.165, 1.54) is 13.8 Å². The van der Waals surface area contributed by atoms with Crippen LogP contribution in [0.3, 0.4) is 0 Å². The van der Waals surface area contributed by atoms with E-state index in [9.17, 15) is 14.7 Å². The third kappa shape index (κ3) is 4.61. The van der Waals surface area contributed by atoms with Crippen LogP contribution >= 0.6 is 23.2 Å². The molecule has 2 amide bonds. The van der Waals surface area contributed by atoms with Crippen molar-refractivity contribution >= 4 is 35.2 Å². The number of rotatable bonds is 4. The lowest BCUT2D eigenvalue weighted by molar-refractivity contribution is -0.252. The zero-order valence-corrected chi connectivity index (χ0v) is 11.9. The number of carbonyl (C=O) groups is 2. The maximum absolute atomic E-state index is 11.8. The second kappa shape index (κ2) is 6.12. The highest BCUT2D eigenvalue weighted by Gasteiger charge is 2.26. The Balaban J connectivity index is 2.63. The maximum atomic E-state index is 11.8. The minimum atomic E-state index is -1.50. The van der Waals surface area contributed by atoms with E-state index in [0.717, 1.165) is 5.56 Å². The van der Waals surface area contributed by atoms with Gasteiger partial charge in [0, 0.05) is 6.54 Å². The van der Waals surface area contributed by atoms with E-state index < -0.39 is 17.5 Å². The molecule has 0 atom stereocenters. The zero-order chi connectivity index (χ0) is 14.6. The van der Waals surface area contributed by atoms with Crippen molar-refractivity contribution < 1.29 is 14.7 Å². The van der Waals surface area contributed by atoms with Crippen molar-refractivity contribution in [2.45, 2.75) is 25.9 Å².